The Kier molecular flexibility index (Phi) is 18.4. The third-order valence-corrected chi connectivity index (χ3v) is 11.5. The maximum atomic E-state index is 15.1. The number of unbranched alkanes of at least 4 members (excludes halogenated alkanes) is 5. The lowest BCUT2D eigenvalue weighted by molar-refractivity contribution is 0.0375. The van der Waals surface area contributed by atoms with Crippen molar-refractivity contribution >= 4 is 0 Å². The first-order valence-corrected chi connectivity index (χ1v) is 20.0. The number of methoxy groups -OCH3 is 1. The average molecular weight is 797 g/mol. The van der Waals surface area contributed by atoms with Crippen LogP contribution in [-0.4, -0.2) is 57.8 Å². The van der Waals surface area contributed by atoms with Crippen LogP contribution in [-0.2, 0) is 0 Å². The summed E-state index contributed by atoms with van der Waals surface area (Å²) < 4.78 is 152. The predicted octanol–water partition coefficient (Wildman–Crippen LogP) is 12.5. The molecule has 0 N–H and O–H groups in total. The molecule has 4 nitrogen and oxygen atoms in total. The standard InChI is InChI=1S/C42H57F9O4/c1-3-4-5-6-7-8-9-26-10-12-28(13-11-26)37(46)31(44)24-55-36-21-20-34(40(49)42(36)51)53-23-22-30(43)27-14-16-29(17-15-27)38(47)32(45)25-54-35-19-18-33(52-2)39(48)41(35)50/h18-21,26-32,37-38H,3-17,22-25H2,1-2H3. The van der Waals surface area contributed by atoms with Crippen molar-refractivity contribution < 1.29 is 58.5 Å². The molecule has 0 saturated heterocycles. The van der Waals surface area contributed by atoms with Gasteiger partial charge in [0.25, 0.3) is 0 Å². The molecule has 5 atom stereocenters. The molecule has 2 aromatic carbocycles. The summed E-state index contributed by atoms with van der Waals surface area (Å²) in [7, 11) is 1.15. The molecule has 0 spiro atoms. The van der Waals surface area contributed by atoms with Gasteiger partial charge in [-0.1, -0.05) is 64.7 Å². The Balaban J connectivity index is 1.12. The van der Waals surface area contributed by atoms with E-state index in [2.05, 4.69) is 11.7 Å². The topological polar surface area (TPSA) is 36.9 Å². The Morgan fingerprint density at radius 3 is 1.47 bits per heavy atom. The van der Waals surface area contributed by atoms with Crippen molar-refractivity contribution in [3.63, 3.8) is 0 Å². The smallest absolute Gasteiger partial charge is 0.204 e. The molecule has 0 radical (unpaired) electrons. The van der Waals surface area contributed by atoms with Crippen LogP contribution in [0.1, 0.15) is 110 Å². The van der Waals surface area contributed by atoms with Crippen LogP contribution < -0.4 is 18.9 Å². The minimum Gasteiger partial charge on any atom is -0.494 e. The quantitative estimate of drug-likeness (QED) is 0.0829. The van der Waals surface area contributed by atoms with Crippen molar-refractivity contribution in [1.29, 1.82) is 0 Å². The van der Waals surface area contributed by atoms with Gasteiger partial charge in [-0.05, 0) is 86.5 Å². The second-order valence-corrected chi connectivity index (χ2v) is 15.3. The lowest BCUT2D eigenvalue weighted by atomic mass is 9.76. The zero-order valence-corrected chi connectivity index (χ0v) is 32.0. The zero-order chi connectivity index (χ0) is 39.9. The summed E-state index contributed by atoms with van der Waals surface area (Å²) in [6.07, 6.45) is 2.82. The summed E-state index contributed by atoms with van der Waals surface area (Å²) in [5.41, 5.74) is 0. The van der Waals surface area contributed by atoms with Crippen molar-refractivity contribution in [3.05, 3.63) is 47.5 Å². The van der Waals surface area contributed by atoms with Crippen molar-refractivity contribution in [2.45, 2.75) is 141 Å². The highest BCUT2D eigenvalue weighted by atomic mass is 19.2. The fourth-order valence-corrected chi connectivity index (χ4v) is 7.98. The molecule has 4 rings (SSSR count). The summed E-state index contributed by atoms with van der Waals surface area (Å²) in [4.78, 5) is 0. The lowest BCUT2D eigenvalue weighted by Crippen LogP contribution is -2.35. The van der Waals surface area contributed by atoms with Gasteiger partial charge in [-0.15, -0.1) is 0 Å². The highest BCUT2D eigenvalue weighted by Crippen LogP contribution is 2.39. The summed E-state index contributed by atoms with van der Waals surface area (Å²) in [5.74, 6) is -8.65. The Labute approximate surface area is 319 Å². The number of alkyl halides is 5. The number of benzene rings is 2. The molecule has 0 aromatic heterocycles. The van der Waals surface area contributed by atoms with Gasteiger partial charge >= 0.3 is 0 Å². The third kappa shape index (κ3) is 13.0. The number of hydrogen-bond acceptors (Lipinski definition) is 4. The van der Waals surface area contributed by atoms with Crippen LogP contribution in [0, 0.1) is 46.9 Å². The lowest BCUT2D eigenvalue weighted by Gasteiger charge is -2.33. The Bertz CT molecular complexity index is 1420. The molecule has 2 aromatic rings. The first kappa shape index (κ1) is 44.7. The minimum absolute atomic E-state index is 0.167. The van der Waals surface area contributed by atoms with Gasteiger partial charge < -0.3 is 18.9 Å². The van der Waals surface area contributed by atoms with Gasteiger partial charge in [-0.25, -0.2) is 22.0 Å². The van der Waals surface area contributed by atoms with Crippen LogP contribution in [0.5, 0.6) is 23.0 Å². The van der Waals surface area contributed by atoms with Gasteiger partial charge in [0.15, 0.2) is 35.3 Å². The van der Waals surface area contributed by atoms with Gasteiger partial charge in [0.2, 0.25) is 23.3 Å². The predicted molar refractivity (Wildman–Crippen MR) is 194 cm³/mol. The third-order valence-electron chi connectivity index (χ3n) is 11.5. The number of ether oxygens (including phenoxy) is 4. The van der Waals surface area contributed by atoms with Gasteiger partial charge in [-0.2, -0.15) is 17.6 Å². The Morgan fingerprint density at radius 1 is 0.545 bits per heavy atom. The van der Waals surface area contributed by atoms with Crippen molar-refractivity contribution in [2.24, 2.45) is 23.7 Å². The molecule has 0 amide bonds. The summed E-state index contributed by atoms with van der Waals surface area (Å²) in [5, 5.41) is 0. The average Bonchev–Trinajstić information content (AvgIpc) is 3.20. The second-order valence-electron chi connectivity index (χ2n) is 15.3. The maximum Gasteiger partial charge on any atom is 0.204 e. The second kappa shape index (κ2) is 22.7. The number of rotatable bonds is 23. The van der Waals surface area contributed by atoms with Crippen LogP contribution in [0.2, 0.25) is 0 Å². The molecule has 2 aliphatic carbocycles. The molecule has 2 aliphatic rings. The van der Waals surface area contributed by atoms with E-state index >= 15 is 4.39 Å². The van der Waals surface area contributed by atoms with E-state index in [4.69, 9.17) is 14.2 Å². The molecule has 2 saturated carbocycles. The molecular formula is C42H57F9O4. The zero-order valence-electron chi connectivity index (χ0n) is 32.0. The summed E-state index contributed by atoms with van der Waals surface area (Å²) in [6.45, 7) is 0.278. The van der Waals surface area contributed by atoms with E-state index in [1.54, 1.807) is 0 Å². The fraction of sp³-hybridized carbons (Fsp3) is 0.714. The largest absolute Gasteiger partial charge is 0.494 e. The van der Waals surface area contributed by atoms with Gasteiger partial charge in [0, 0.05) is 6.42 Å². The SMILES string of the molecule is CCCCCCCCC1CCC(C(F)C(F)COc2ccc(OCCC(F)C3CCC(C(F)C(F)COc4ccc(OC)c(F)c4F)CC3)c(F)c2F)CC1. The Morgan fingerprint density at radius 2 is 0.964 bits per heavy atom. The first-order valence-electron chi connectivity index (χ1n) is 20.0. The van der Waals surface area contributed by atoms with Crippen molar-refractivity contribution in [3.8, 4) is 23.0 Å². The summed E-state index contributed by atoms with van der Waals surface area (Å²) >= 11 is 0. The van der Waals surface area contributed by atoms with Gasteiger partial charge in [0.1, 0.15) is 31.7 Å². The van der Waals surface area contributed by atoms with Crippen LogP contribution >= 0.6 is 0 Å². The van der Waals surface area contributed by atoms with Gasteiger partial charge in [0.05, 0.1) is 13.7 Å². The molecule has 312 valence electrons. The molecule has 0 heterocycles. The van der Waals surface area contributed by atoms with E-state index in [1.165, 1.54) is 38.5 Å². The van der Waals surface area contributed by atoms with E-state index in [0.717, 1.165) is 50.6 Å². The molecule has 5 unspecified atom stereocenters. The summed E-state index contributed by atoms with van der Waals surface area (Å²) in [6, 6.07) is 4.29. The highest BCUT2D eigenvalue weighted by Gasteiger charge is 2.37. The molecular weight excluding hydrogens is 739 g/mol. The van der Waals surface area contributed by atoms with Crippen LogP contribution in [0.3, 0.4) is 0 Å². The number of hydrogen-bond donors (Lipinski definition) is 0. The minimum atomic E-state index is -2.12. The van der Waals surface area contributed by atoms with E-state index in [-0.39, 0.29) is 44.5 Å². The highest BCUT2D eigenvalue weighted by molar-refractivity contribution is 5.36. The van der Waals surface area contributed by atoms with Crippen molar-refractivity contribution in [1.82, 2.24) is 0 Å². The monoisotopic (exact) mass is 796 g/mol. The van der Waals surface area contributed by atoms with Crippen LogP contribution in [0.15, 0.2) is 24.3 Å². The van der Waals surface area contributed by atoms with Crippen LogP contribution in [0.25, 0.3) is 0 Å². The Hall–Kier alpha value is -2.99. The van der Waals surface area contributed by atoms with E-state index < -0.39 is 102 Å². The van der Waals surface area contributed by atoms with E-state index in [1.807, 2.05) is 0 Å². The molecule has 13 heteroatoms. The number of halogens is 9. The molecule has 0 bridgehead atoms. The van der Waals surface area contributed by atoms with Gasteiger partial charge in [-0.3, -0.25) is 0 Å². The van der Waals surface area contributed by atoms with Crippen molar-refractivity contribution in [2.75, 3.05) is 26.9 Å². The fourth-order valence-electron chi connectivity index (χ4n) is 7.98. The molecule has 0 aliphatic heterocycles. The molecule has 2 fully saturated rings. The molecule has 55 heavy (non-hydrogen) atoms. The van der Waals surface area contributed by atoms with Crippen LogP contribution in [0.4, 0.5) is 39.5 Å². The van der Waals surface area contributed by atoms with E-state index in [0.29, 0.717) is 18.8 Å². The normalized spacial score (nSPS) is 23.0. The maximum absolute atomic E-state index is 15.1. The first-order chi connectivity index (χ1) is 26.4. The van der Waals surface area contributed by atoms with E-state index in [9.17, 15) is 35.1 Å².